The zero-order valence-corrected chi connectivity index (χ0v) is 15.7. The fourth-order valence-electron chi connectivity index (χ4n) is 3.73. The molecule has 0 spiro atoms. The maximum atomic E-state index is 11.2. The number of carboxylic acid groups (broad SMARTS) is 1. The Balaban J connectivity index is 1.68. The molecule has 7 heteroatoms. The van der Waals surface area contributed by atoms with E-state index in [0.717, 1.165) is 53.8 Å². The van der Waals surface area contributed by atoms with Gasteiger partial charge in [0.1, 0.15) is 5.82 Å². The summed E-state index contributed by atoms with van der Waals surface area (Å²) < 4.78 is 1.42. The van der Waals surface area contributed by atoms with Gasteiger partial charge >= 0.3 is 5.97 Å². The highest BCUT2D eigenvalue weighted by atomic mass is 16.4. The second-order valence-electron chi connectivity index (χ2n) is 7.12. The van der Waals surface area contributed by atoms with Crippen LogP contribution in [0.25, 0.3) is 28.0 Å². The molecular weight excluding hydrogens is 366 g/mol. The lowest BCUT2D eigenvalue weighted by Crippen LogP contribution is -2.20. The molecule has 144 valence electrons. The first-order valence-electron chi connectivity index (χ1n) is 9.59. The van der Waals surface area contributed by atoms with Crippen LogP contribution in [0, 0.1) is 0 Å². The van der Waals surface area contributed by atoms with Crippen LogP contribution in [0.4, 0.5) is 5.82 Å². The molecular formula is C22H19N5O2. The predicted octanol–water partition coefficient (Wildman–Crippen LogP) is 3.78. The van der Waals surface area contributed by atoms with E-state index < -0.39 is 5.97 Å². The van der Waals surface area contributed by atoms with Gasteiger partial charge in [-0.1, -0.05) is 36.4 Å². The van der Waals surface area contributed by atoms with Gasteiger partial charge in [0, 0.05) is 24.7 Å². The van der Waals surface area contributed by atoms with Crippen LogP contribution >= 0.6 is 0 Å². The number of hydrogen-bond acceptors (Lipinski definition) is 5. The Hall–Kier alpha value is -3.74. The molecule has 0 aliphatic carbocycles. The van der Waals surface area contributed by atoms with Crippen molar-refractivity contribution in [3.8, 4) is 17.1 Å². The molecule has 0 radical (unpaired) electrons. The number of aromatic nitrogens is 4. The van der Waals surface area contributed by atoms with Crippen LogP contribution in [-0.4, -0.2) is 43.9 Å². The van der Waals surface area contributed by atoms with E-state index in [4.69, 9.17) is 4.98 Å². The highest BCUT2D eigenvalue weighted by Crippen LogP contribution is 2.31. The van der Waals surface area contributed by atoms with Gasteiger partial charge in [-0.15, -0.1) is 0 Å². The van der Waals surface area contributed by atoms with E-state index in [1.807, 2.05) is 30.3 Å². The summed E-state index contributed by atoms with van der Waals surface area (Å²) in [7, 11) is 0. The van der Waals surface area contributed by atoms with Gasteiger partial charge in [-0.3, -0.25) is 0 Å². The third-order valence-electron chi connectivity index (χ3n) is 5.21. The van der Waals surface area contributed by atoms with Gasteiger partial charge in [0.2, 0.25) is 0 Å². The summed E-state index contributed by atoms with van der Waals surface area (Å²) in [5.74, 6) is 0.219. The number of aromatic carboxylic acids is 1. The molecule has 1 aliphatic heterocycles. The standard InChI is InChI=1S/C22H19N5O2/c28-21(29)17-13-23-27(14-17)22-24-19-9-8-16(15-6-2-1-3-7-15)12-18(19)20(25-22)26-10-4-5-11-26/h1-3,6-9,12-14H,4-5,10-11H2,(H,28,29). The van der Waals surface area contributed by atoms with E-state index in [2.05, 4.69) is 33.2 Å². The van der Waals surface area contributed by atoms with Gasteiger partial charge in [0.15, 0.2) is 0 Å². The van der Waals surface area contributed by atoms with Crippen LogP contribution in [0.15, 0.2) is 60.9 Å². The minimum atomic E-state index is -1.02. The lowest BCUT2D eigenvalue weighted by atomic mass is 10.0. The molecule has 1 N–H and O–H groups in total. The van der Waals surface area contributed by atoms with Crippen LogP contribution in [0.5, 0.6) is 0 Å². The monoisotopic (exact) mass is 385 g/mol. The lowest BCUT2D eigenvalue weighted by Gasteiger charge is -2.19. The van der Waals surface area contributed by atoms with Crippen molar-refractivity contribution in [3.63, 3.8) is 0 Å². The number of anilines is 1. The first-order valence-corrected chi connectivity index (χ1v) is 9.59. The predicted molar refractivity (Wildman–Crippen MR) is 111 cm³/mol. The molecule has 7 nitrogen and oxygen atoms in total. The summed E-state index contributed by atoms with van der Waals surface area (Å²) in [6.45, 7) is 1.89. The van der Waals surface area contributed by atoms with E-state index in [1.165, 1.54) is 17.1 Å². The Labute approximate surface area is 167 Å². The topological polar surface area (TPSA) is 84.1 Å². The summed E-state index contributed by atoms with van der Waals surface area (Å²) in [5, 5.41) is 14.3. The minimum Gasteiger partial charge on any atom is -0.478 e. The third kappa shape index (κ3) is 3.20. The molecule has 5 rings (SSSR count). The Kier molecular flexibility index (Phi) is 4.20. The highest BCUT2D eigenvalue weighted by Gasteiger charge is 2.20. The third-order valence-corrected chi connectivity index (χ3v) is 5.21. The Morgan fingerprint density at radius 2 is 1.76 bits per heavy atom. The number of hydrogen-bond donors (Lipinski definition) is 1. The normalized spacial score (nSPS) is 13.9. The van der Waals surface area contributed by atoms with Crippen LogP contribution < -0.4 is 4.90 Å². The van der Waals surface area contributed by atoms with Crippen LogP contribution in [0.1, 0.15) is 23.2 Å². The molecule has 0 bridgehead atoms. The molecule has 2 aromatic carbocycles. The molecule has 29 heavy (non-hydrogen) atoms. The molecule has 0 atom stereocenters. The van der Waals surface area contributed by atoms with E-state index in [0.29, 0.717) is 5.95 Å². The summed E-state index contributed by atoms with van der Waals surface area (Å²) in [6, 6.07) is 16.4. The lowest BCUT2D eigenvalue weighted by molar-refractivity contribution is 0.0697. The fourth-order valence-corrected chi connectivity index (χ4v) is 3.73. The number of fused-ring (bicyclic) bond motifs is 1. The smallest absolute Gasteiger partial charge is 0.338 e. The molecule has 4 aromatic rings. The van der Waals surface area contributed by atoms with E-state index >= 15 is 0 Å². The average Bonchev–Trinajstić information content (AvgIpc) is 3.45. The Morgan fingerprint density at radius 3 is 2.48 bits per heavy atom. The van der Waals surface area contributed by atoms with Gasteiger partial charge in [0.05, 0.1) is 17.3 Å². The number of benzene rings is 2. The average molecular weight is 385 g/mol. The number of carbonyl (C=O) groups is 1. The number of rotatable bonds is 4. The largest absolute Gasteiger partial charge is 0.478 e. The summed E-state index contributed by atoms with van der Waals surface area (Å²) >= 11 is 0. The molecule has 0 saturated carbocycles. The van der Waals surface area contributed by atoms with Gasteiger partial charge in [0.25, 0.3) is 5.95 Å². The van der Waals surface area contributed by atoms with Crippen molar-refractivity contribution in [3.05, 3.63) is 66.5 Å². The molecule has 0 unspecified atom stereocenters. The molecule has 1 aliphatic rings. The van der Waals surface area contributed by atoms with Crippen molar-refractivity contribution in [2.45, 2.75) is 12.8 Å². The molecule has 3 heterocycles. The van der Waals surface area contributed by atoms with Crippen molar-refractivity contribution in [1.82, 2.24) is 19.7 Å². The zero-order valence-electron chi connectivity index (χ0n) is 15.7. The van der Waals surface area contributed by atoms with Gasteiger partial charge in [-0.2, -0.15) is 10.1 Å². The summed E-state index contributed by atoms with van der Waals surface area (Å²) in [5.41, 5.74) is 3.17. The summed E-state index contributed by atoms with van der Waals surface area (Å²) in [6.07, 6.45) is 5.01. The van der Waals surface area contributed by atoms with Crippen molar-refractivity contribution >= 4 is 22.7 Å². The number of carboxylic acids is 1. The van der Waals surface area contributed by atoms with Crippen molar-refractivity contribution in [2.24, 2.45) is 0 Å². The second-order valence-corrected chi connectivity index (χ2v) is 7.12. The molecule has 1 fully saturated rings. The van der Waals surface area contributed by atoms with Crippen molar-refractivity contribution < 1.29 is 9.90 Å². The van der Waals surface area contributed by atoms with Crippen molar-refractivity contribution in [2.75, 3.05) is 18.0 Å². The maximum Gasteiger partial charge on any atom is 0.338 e. The Morgan fingerprint density at radius 1 is 0.966 bits per heavy atom. The SMILES string of the molecule is O=C(O)c1cnn(-c2nc(N3CCCC3)c3cc(-c4ccccc4)ccc3n2)c1. The van der Waals surface area contributed by atoms with E-state index in [1.54, 1.807) is 0 Å². The highest BCUT2D eigenvalue weighted by molar-refractivity contribution is 5.93. The van der Waals surface area contributed by atoms with E-state index in [-0.39, 0.29) is 5.56 Å². The van der Waals surface area contributed by atoms with E-state index in [9.17, 15) is 9.90 Å². The van der Waals surface area contributed by atoms with Gasteiger partial charge in [-0.05, 0) is 36.1 Å². The molecule has 2 aromatic heterocycles. The maximum absolute atomic E-state index is 11.2. The van der Waals surface area contributed by atoms with Gasteiger partial charge < -0.3 is 10.0 Å². The number of nitrogens with zero attached hydrogens (tertiary/aromatic N) is 5. The van der Waals surface area contributed by atoms with Crippen LogP contribution in [-0.2, 0) is 0 Å². The first-order chi connectivity index (χ1) is 14.2. The zero-order chi connectivity index (χ0) is 19.8. The van der Waals surface area contributed by atoms with Crippen LogP contribution in [0.2, 0.25) is 0 Å². The first kappa shape index (κ1) is 17.4. The minimum absolute atomic E-state index is 0.107. The van der Waals surface area contributed by atoms with Crippen LogP contribution in [0.3, 0.4) is 0 Å². The second kappa shape index (κ2) is 7.01. The summed E-state index contributed by atoms with van der Waals surface area (Å²) in [4.78, 5) is 22.9. The van der Waals surface area contributed by atoms with Crippen molar-refractivity contribution in [1.29, 1.82) is 0 Å². The van der Waals surface area contributed by atoms with Gasteiger partial charge in [-0.25, -0.2) is 14.5 Å². The Bertz CT molecular complexity index is 1200. The molecule has 1 saturated heterocycles. The quantitative estimate of drug-likeness (QED) is 0.575. The molecule has 0 amide bonds. The fraction of sp³-hybridized carbons (Fsp3) is 0.182.